The Morgan fingerprint density at radius 1 is 1.23 bits per heavy atom. The summed E-state index contributed by atoms with van der Waals surface area (Å²) in [6.45, 7) is 8.65. The molecule has 0 aliphatic carbocycles. The fourth-order valence-electron chi connectivity index (χ4n) is 3.07. The third-order valence-corrected chi connectivity index (χ3v) is 5.59. The summed E-state index contributed by atoms with van der Waals surface area (Å²) in [6, 6.07) is 4.64. The molecule has 8 nitrogen and oxygen atoms in total. The minimum absolute atomic E-state index is 0.154. The molecule has 168 valence electrons. The largest absolute Gasteiger partial charge is 0.508 e. The lowest BCUT2D eigenvalue weighted by Gasteiger charge is -2.26. The van der Waals surface area contributed by atoms with Crippen molar-refractivity contribution >= 4 is 34.5 Å². The molecule has 31 heavy (non-hydrogen) atoms. The van der Waals surface area contributed by atoms with Crippen molar-refractivity contribution in [2.24, 2.45) is 0 Å². The quantitative estimate of drug-likeness (QED) is 0.338. The van der Waals surface area contributed by atoms with Gasteiger partial charge in [0, 0.05) is 23.7 Å². The van der Waals surface area contributed by atoms with Crippen molar-refractivity contribution < 1.29 is 10.2 Å². The van der Waals surface area contributed by atoms with Gasteiger partial charge in [0.2, 0.25) is 5.95 Å². The van der Waals surface area contributed by atoms with Crippen LogP contribution in [0.1, 0.15) is 52.5 Å². The fraction of sp³-hybridized carbons (Fsp3) is 0.500. The summed E-state index contributed by atoms with van der Waals surface area (Å²) < 4.78 is 2.02. The molecule has 0 saturated carbocycles. The van der Waals surface area contributed by atoms with Crippen LogP contribution in [0, 0.1) is 0 Å². The van der Waals surface area contributed by atoms with Gasteiger partial charge < -0.3 is 25.4 Å². The Bertz CT molecular complexity index is 1030. The SMILES string of the molecule is CCCCCn1cnc2c(NCc3cc(Cl)ccc3O)nc(NC(C)C(C)(C)O)nc21. The molecule has 0 amide bonds. The Kier molecular flexibility index (Phi) is 7.23. The molecule has 0 spiro atoms. The molecule has 1 atom stereocenters. The molecule has 0 aliphatic heterocycles. The van der Waals surface area contributed by atoms with E-state index in [0.717, 1.165) is 31.5 Å². The lowest BCUT2D eigenvalue weighted by atomic mass is 10.0. The van der Waals surface area contributed by atoms with Gasteiger partial charge in [0.15, 0.2) is 17.0 Å². The summed E-state index contributed by atoms with van der Waals surface area (Å²) in [6.07, 6.45) is 5.08. The Labute approximate surface area is 187 Å². The van der Waals surface area contributed by atoms with Crippen molar-refractivity contribution in [3.8, 4) is 5.75 Å². The van der Waals surface area contributed by atoms with E-state index in [1.807, 2.05) is 11.5 Å². The zero-order chi connectivity index (χ0) is 22.6. The predicted octanol–water partition coefficient (Wildman–Crippen LogP) is 4.56. The summed E-state index contributed by atoms with van der Waals surface area (Å²) in [7, 11) is 0. The second-order valence-electron chi connectivity index (χ2n) is 8.36. The highest BCUT2D eigenvalue weighted by Gasteiger charge is 2.24. The van der Waals surface area contributed by atoms with E-state index >= 15 is 0 Å². The third kappa shape index (κ3) is 5.77. The molecule has 3 aromatic rings. The van der Waals surface area contributed by atoms with Gasteiger partial charge in [-0.2, -0.15) is 9.97 Å². The number of phenolic OH excluding ortho intramolecular Hbond substituents is 1. The molecule has 0 aliphatic rings. The van der Waals surface area contributed by atoms with E-state index < -0.39 is 5.60 Å². The topological polar surface area (TPSA) is 108 Å². The molecule has 1 unspecified atom stereocenters. The number of imidazole rings is 1. The summed E-state index contributed by atoms with van der Waals surface area (Å²) in [5.41, 5.74) is 1.08. The van der Waals surface area contributed by atoms with E-state index in [1.54, 1.807) is 38.4 Å². The number of nitrogens with zero attached hydrogens (tertiary/aromatic N) is 4. The normalized spacial score (nSPS) is 12.8. The van der Waals surface area contributed by atoms with Crippen molar-refractivity contribution in [2.45, 2.75) is 71.7 Å². The van der Waals surface area contributed by atoms with Crippen LogP contribution >= 0.6 is 11.6 Å². The number of rotatable bonds is 10. The number of phenols is 1. The maximum atomic E-state index is 10.3. The van der Waals surface area contributed by atoms with Crippen molar-refractivity contribution in [3.63, 3.8) is 0 Å². The van der Waals surface area contributed by atoms with Crippen molar-refractivity contribution in [1.29, 1.82) is 0 Å². The molecule has 0 fully saturated rings. The first-order valence-corrected chi connectivity index (χ1v) is 11.0. The number of aliphatic hydroxyl groups is 1. The number of hydrogen-bond acceptors (Lipinski definition) is 7. The van der Waals surface area contributed by atoms with Gasteiger partial charge in [0.25, 0.3) is 0 Å². The molecule has 4 N–H and O–H groups in total. The maximum Gasteiger partial charge on any atom is 0.227 e. The van der Waals surface area contributed by atoms with Crippen LogP contribution in [0.15, 0.2) is 24.5 Å². The molecular formula is C22H31ClN6O2. The smallest absolute Gasteiger partial charge is 0.227 e. The van der Waals surface area contributed by atoms with E-state index in [2.05, 4.69) is 32.5 Å². The zero-order valence-corrected chi connectivity index (χ0v) is 19.2. The van der Waals surface area contributed by atoms with Crippen LogP contribution in [-0.4, -0.2) is 41.4 Å². The summed E-state index contributed by atoms with van der Waals surface area (Å²) in [5, 5.41) is 27.4. The molecule has 1 aromatic carbocycles. The van der Waals surface area contributed by atoms with Crippen molar-refractivity contribution in [3.05, 3.63) is 35.1 Å². The number of unbranched alkanes of at least 4 members (excludes halogenated alkanes) is 2. The van der Waals surface area contributed by atoms with Gasteiger partial charge in [-0.25, -0.2) is 4.98 Å². The standard InChI is InChI=1S/C22H31ClN6O2/c1-5-6-7-10-29-13-25-18-19(24-12-15-11-16(23)8-9-17(15)30)27-21(28-20(18)29)26-14(2)22(3,4)31/h8-9,11,13-14,30-31H,5-7,10,12H2,1-4H3,(H2,24,26,27,28). The van der Waals surface area contributed by atoms with Crippen molar-refractivity contribution in [2.75, 3.05) is 10.6 Å². The zero-order valence-electron chi connectivity index (χ0n) is 18.5. The maximum absolute atomic E-state index is 10.3. The first-order valence-electron chi connectivity index (χ1n) is 10.6. The molecule has 0 radical (unpaired) electrons. The molecule has 9 heteroatoms. The number of anilines is 2. The van der Waals surface area contributed by atoms with Crippen LogP contribution in [0.5, 0.6) is 5.75 Å². The number of benzene rings is 1. The van der Waals surface area contributed by atoms with E-state index in [0.29, 0.717) is 34.4 Å². The Balaban J connectivity index is 1.94. The van der Waals surface area contributed by atoms with E-state index in [1.165, 1.54) is 0 Å². The number of fused-ring (bicyclic) bond motifs is 1. The second-order valence-corrected chi connectivity index (χ2v) is 8.80. The van der Waals surface area contributed by atoms with Gasteiger partial charge in [-0.15, -0.1) is 0 Å². The van der Waals surface area contributed by atoms with E-state index in [-0.39, 0.29) is 11.8 Å². The van der Waals surface area contributed by atoms with Gasteiger partial charge in [-0.05, 0) is 45.4 Å². The van der Waals surface area contributed by atoms with Crippen LogP contribution in [-0.2, 0) is 13.1 Å². The molecule has 3 rings (SSSR count). The third-order valence-electron chi connectivity index (χ3n) is 5.36. The number of hydrogen-bond donors (Lipinski definition) is 4. The first-order chi connectivity index (χ1) is 14.7. The average Bonchev–Trinajstić information content (AvgIpc) is 3.11. The van der Waals surface area contributed by atoms with Gasteiger partial charge in [0.1, 0.15) is 5.75 Å². The van der Waals surface area contributed by atoms with Crippen LogP contribution in [0.4, 0.5) is 11.8 Å². The highest BCUT2D eigenvalue weighted by molar-refractivity contribution is 6.30. The van der Waals surface area contributed by atoms with Gasteiger partial charge >= 0.3 is 0 Å². The second kappa shape index (κ2) is 9.70. The lowest BCUT2D eigenvalue weighted by Crippen LogP contribution is -2.39. The van der Waals surface area contributed by atoms with Crippen LogP contribution in [0.3, 0.4) is 0 Å². The van der Waals surface area contributed by atoms with E-state index in [9.17, 15) is 10.2 Å². The fourth-order valence-corrected chi connectivity index (χ4v) is 3.27. The molecular weight excluding hydrogens is 416 g/mol. The summed E-state index contributed by atoms with van der Waals surface area (Å²) in [5.74, 6) is 1.10. The molecule has 0 bridgehead atoms. The minimum Gasteiger partial charge on any atom is -0.508 e. The predicted molar refractivity (Wildman–Crippen MR) is 125 cm³/mol. The van der Waals surface area contributed by atoms with Gasteiger partial charge in [0.05, 0.1) is 18.0 Å². The van der Waals surface area contributed by atoms with Crippen LogP contribution in [0.2, 0.25) is 5.02 Å². The van der Waals surface area contributed by atoms with Crippen LogP contribution in [0.25, 0.3) is 11.2 Å². The number of aromatic hydroxyl groups is 1. The summed E-state index contributed by atoms with van der Waals surface area (Å²) >= 11 is 6.07. The highest BCUT2D eigenvalue weighted by Crippen LogP contribution is 2.26. The van der Waals surface area contributed by atoms with Gasteiger partial charge in [-0.1, -0.05) is 31.4 Å². The minimum atomic E-state index is -0.945. The van der Waals surface area contributed by atoms with Crippen LogP contribution < -0.4 is 10.6 Å². The number of halogens is 1. The molecule has 0 saturated heterocycles. The summed E-state index contributed by atoms with van der Waals surface area (Å²) in [4.78, 5) is 13.8. The lowest BCUT2D eigenvalue weighted by molar-refractivity contribution is 0.0646. The number of aromatic nitrogens is 4. The van der Waals surface area contributed by atoms with Gasteiger partial charge in [-0.3, -0.25) is 0 Å². The molecule has 2 aromatic heterocycles. The Morgan fingerprint density at radius 2 is 2.00 bits per heavy atom. The van der Waals surface area contributed by atoms with E-state index in [4.69, 9.17) is 11.6 Å². The molecule has 2 heterocycles. The highest BCUT2D eigenvalue weighted by atomic mass is 35.5. The first kappa shape index (κ1) is 23.1. The Hall–Kier alpha value is -2.58. The van der Waals surface area contributed by atoms with Crippen molar-refractivity contribution in [1.82, 2.24) is 19.5 Å². The number of nitrogens with one attached hydrogen (secondary N) is 2. The average molecular weight is 447 g/mol. The number of aryl methyl sites for hydroxylation is 1. The Morgan fingerprint density at radius 3 is 2.71 bits per heavy atom. The monoisotopic (exact) mass is 446 g/mol.